The molecule has 3 rings (SSSR count). The Morgan fingerprint density at radius 2 is 0.694 bits per heavy atom. The molecule has 0 amide bonds. The van der Waals surface area contributed by atoms with Crippen LogP contribution in [0.4, 0.5) is 0 Å². The number of benzene rings is 3. The minimum atomic E-state index is 0.394. The van der Waals surface area contributed by atoms with E-state index in [1.165, 1.54) is 0 Å². The molecule has 0 spiro atoms. The molecule has 0 fully saturated rings. The Morgan fingerprint density at radius 1 is 0.387 bits per heavy atom. The lowest BCUT2D eigenvalue weighted by Crippen LogP contribution is -2.15. The molecule has 0 radical (unpaired) electrons. The summed E-state index contributed by atoms with van der Waals surface area (Å²) in [5, 5.41) is 0. The van der Waals surface area contributed by atoms with Gasteiger partial charge in [0.15, 0.2) is 0 Å². The van der Waals surface area contributed by atoms with E-state index in [4.69, 9.17) is 28.4 Å². The molecule has 0 aliphatic rings. The van der Waals surface area contributed by atoms with Crippen LogP contribution in [0.1, 0.15) is 149 Å². The lowest BCUT2D eigenvalue weighted by Gasteiger charge is -2.21. The van der Waals surface area contributed by atoms with Gasteiger partial charge in [0.1, 0.15) is 34.5 Å². The van der Waals surface area contributed by atoms with Gasteiger partial charge in [0.25, 0.3) is 0 Å². The Hall–Kier alpha value is -4.10. The second-order valence-corrected chi connectivity index (χ2v) is 18.5. The van der Waals surface area contributed by atoms with E-state index in [2.05, 4.69) is 157 Å². The fourth-order valence-corrected chi connectivity index (χ4v) is 5.92. The van der Waals surface area contributed by atoms with Crippen molar-refractivity contribution < 1.29 is 28.4 Å². The predicted octanol–water partition coefficient (Wildman–Crippen LogP) is 14.6. The van der Waals surface area contributed by atoms with E-state index < -0.39 is 0 Å². The summed E-state index contributed by atoms with van der Waals surface area (Å²) in [7, 11) is 4.18. The first kappa shape index (κ1) is 52.2. The molecule has 0 aliphatic carbocycles. The van der Waals surface area contributed by atoms with Crippen LogP contribution in [0, 0.1) is 35.5 Å². The van der Waals surface area contributed by atoms with Crippen LogP contribution >= 0.6 is 0 Å². The molecule has 7 heteroatoms. The van der Waals surface area contributed by atoms with Crippen molar-refractivity contribution in [1.29, 1.82) is 0 Å². The average molecular weight is 856 g/mol. The molecule has 0 heterocycles. The molecular weight excluding hydrogens is 771 g/mol. The third-order valence-electron chi connectivity index (χ3n) is 12.0. The molecule has 0 unspecified atom stereocenters. The zero-order valence-electron chi connectivity index (χ0n) is 41.4. The zero-order valence-corrected chi connectivity index (χ0v) is 41.4. The summed E-state index contributed by atoms with van der Waals surface area (Å²) >= 11 is 0. The summed E-state index contributed by atoms with van der Waals surface area (Å²) in [5.41, 5.74) is 4.92. The van der Waals surface area contributed by atoms with Crippen molar-refractivity contribution >= 4 is 24.3 Å². The number of ether oxygens (including phenoxy) is 6. The van der Waals surface area contributed by atoms with Crippen molar-refractivity contribution in [2.45, 2.75) is 128 Å². The molecule has 0 saturated carbocycles. The summed E-state index contributed by atoms with van der Waals surface area (Å²) < 4.78 is 39.2. The number of nitrogens with zero attached hydrogens (tertiary/aromatic N) is 1. The van der Waals surface area contributed by atoms with Gasteiger partial charge in [-0.25, -0.2) is 0 Å². The predicted molar refractivity (Wildman–Crippen MR) is 264 cm³/mol. The maximum absolute atomic E-state index is 6.70. The highest BCUT2D eigenvalue weighted by Gasteiger charge is 2.17. The van der Waals surface area contributed by atoms with E-state index in [9.17, 15) is 0 Å². The van der Waals surface area contributed by atoms with E-state index in [-0.39, 0.29) is 0 Å². The summed E-state index contributed by atoms with van der Waals surface area (Å²) in [4.78, 5) is 2.18. The second kappa shape index (κ2) is 27.9. The van der Waals surface area contributed by atoms with Crippen LogP contribution in [-0.2, 0) is 6.54 Å². The minimum absolute atomic E-state index is 0.394. The van der Waals surface area contributed by atoms with Gasteiger partial charge < -0.3 is 33.3 Å². The number of hydrogen-bond donors (Lipinski definition) is 0. The molecule has 0 saturated heterocycles. The fraction of sp³-hybridized carbons (Fsp3) is 0.600. The van der Waals surface area contributed by atoms with Gasteiger partial charge in [0.05, 0.1) is 39.6 Å². The van der Waals surface area contributed by atoms with E-state index in [0.29, 0.717) is 75.1 Å². The second-order valence-electron chi connectivity index (χ2n) is 18.5. The fourth-order valence-electron chi connectivity index (χ4n) is 5.92. The van der Waals surface area contributed by atoms with Gasteiger partial charge in [-0.1, -0.05) is 146 Å². The molecule has 0 N–H and O–H groups in total. The van der Waals surface area contributed by atoms with Crippen molar-refractivity contribution in [2.75, 3.05) is 53.7 Å². The average Bonchev–Trinajstić information content (AvgIpc) is 3.28. The molecule has 0 aliphatic heterocycles. The van der Waals surface area contributed by atoms with Crippen molar-refractivity contribution in [1.82, 2.24) is 4.90 Å². The first-order chi connectivity index (χ1) is 29.7. The smallest absolute Gasteiger partial charge is 0.127 e. The molecule has 3 aromatic rings. The van der Waals surface area contributed by atoms with Gasteiger partial charge >= 0.3 is 0 Å². The van der Waals surface area contributed by atoms with Crippen molar-refractivity contribution in [3.8, 4) is 34.5 Å². The quantitative estimate of drug-likeness (QED) is 0.0619. The Balaban J connectivity index is 2.24. The first-order valence-electron chi connectivity index (χ1n) is 24.0. The van der Waals surface area contributed by atoms with Crippen LogP contribution < -0.4 is 28.4 Å². The Morgan fingerprint density at radius 3 is 1.06 bits per heavy atom. The lowest BCUT2D eigenvalue weighted by atomic mass is 10.0. The Kier molecular flexibility index (Phi) is 23.5. The molecule has 7 nitrogen and oxygen atoms in total. The van der Waals surface area contributed by atoms with Crippen molar-refractivity contribution in [3.05, 3.63) is 70.3 Å². The molecule has 3 aromatic carbocycles. The maximum atomic E-state index is 6.70. The normalized spacial score (nSPS) is 14.8. The number of rotatable bonds is 30. The highest BCUT2D eigenvalue weighted by Crippen LogP contribution is 2.37. The van der Waals surface area contributed by atoms with Gasteiger partial charge in [-0.3, -0.25) is 0 Å². The zero-order chi connectivity index (χ0) is 45.6. The standard InChI is InChI=1S/C55H85NO6/c1-15-39(7)33-57-50-25-26-51(58-34-40(8)16-2)45(27-50)21-22-46-28-53(60-36-42(10)18-4)47(29-52(46)59-35-41(9)17-3)23-24-48-30-55(62-38-44(12)20-6)49(32-56(13)14)31-54(48)61-37-43(11)19-5/h21-31,39-44H,15-20,32-38H2,1-14H3/b22-21+,24-23+/t39-,40-,41-,42-,43-,44-/m0/s1. The van der Waals surface area contributed by atoms with Crippen LogP contribution in [0.2, 0.25) is 0 Å². The van der Waals surface area contributed by atoms with E-state index in [1.54, 1.807) is 0 Å². The summed E-state index contributed by atoms with van der Waals surface area (Å²) in [5.74, 6) is 7.60. The molecule has 0 bridgehead atoms. The molecular formula is C55H85NO6. The molecule has 6 atom stereocenters. The van der Waals surface area contributed by atoms with Gasteiger partial charge in [-0.15, -0.1) is 0 Å². The molecule has 0 aromatic heterocycles. The SMILES string of the molecule is CC[C@H](C)COc1ccc(OC[C@@H](C)CC)c(/C=C/c2cc(OC[C@@H](C)CC)c(/C=C/c3cc(OC[C@@H](C)CC)c(CN(C)C)cc3OC[C@@H](C)CC)cc2OC[C@@H](C)CC)c1. The maximum Gasteiger partial charge on any atom is 0.127 e. The molecule has 346 valence electrons. The number of hydrogen-bond acceptors (Lipinski definition) is 7. The van der Waals surface area contributed by atoms with Crippen molar-refractivity contribution in [2.24, 2.45) is 35.5 Å². The summed E-state index contributed by atoms with van der Waals surface area (Å²) in [6.07, 6.45) is 14.8. The lowest BCUT2D eigenvalue weighted by molar-refractivity contribution is 0.245. The van der Waals surface area contributed by atoms with Gasteiger partial charge in [-0.05, 0) is 92.1 Å². The monoisotopic (exact) mass is 856 g/mol. The van der Waals surface area contributed by atoms with Gasteiger partial charge in [-0.2, -0.15) is 0 Å². The van der Waals surface area contributed by atoms with Gasteiger partial charge in [0.2, 0.25) is 0 Å². The van der Waals surface area contributed by atoms with E-state index >= 15 is 0 Å². The third kappa shape index (κ3) is 17.9. The largest absolute Gasteiger partial charge is 0.493 e. The topological polar surface area (TPSA) is 58.6 Å². The summed E-state index contributed by atoms with van der Waals surface area (Å²) in [6.45, 7) is 31.2. The first-order valence-corrected chi connectivity index (χ1v) is 24.0. The van der Waals surface area contributed by atoms with Crippen LogP contribution in [0.5, 0.6) is 34.5 Å². The Labute approximate surface area is 378 Å². The van der Waals surface area contributed by atoms with Crippen LogP contribution in [0.3, 0.4) is 0 Å². The van der Waals surface area contributed by atoms with Crippen LogP contribution in [-0.4, -0.2) is 58.6 Å². The van der Waals surface area contributed by atoms with E-state index in [0.717, 1.165) is 107 Å². The van der Waals surface area contributed by atoms with Gasteiger partial charge in [0, 0.05) is 34.4 Å². The van der Waals surface area contributed by atoms with Crippen LogP contribution in [0.15, 0.2) is 42.5 Å². The minimum Gasteiger partial charge on any atom is -0.493 e. The summed E-state index contributed by atoms with van der Waals surface area (Å²) in [6, 6.07) is 14.7. The molecule has 62 heavy (non-hydrogen) atoms. The Bertz CT molecular complexity index is 1800. The van der Waals surface area contributed by atoms with E-state index in [1.807, 2.05) is 12.1 Å². The van der Waals surface area contributed by atoms with Crippen LogP contribution in [0.25, 0.3) is 24.3 Å². The highest BCUT2D eigenvalue weighted by atomic mass is 16.5. The highest BCUT2D eigenvalue weighted by molar-refractivity contribution is 5.81. The van der Waals surface area contributed by atoms with Crippen molar-refractivity contribution in [3.63, 3.8) is 0 Å². The third-order valence-corrected chi connectivity index (χ3v) is 12.0.